The summed E-state index contributed by atoms with van der Waals surface area (Å²) in [5, 5.41) is 2.04. The number of rotatable bonds is 2. The van der Waals surface area contributed by atoms with Crippen molar-refractivity contribution in [3.63, 3.8) is 0 Å². The molecule has 0 N–H and O–H groups in total. The molecule has 1 aromatic carbocycles. The normalized spacial score (nSPS) is 14.3. The third-order valence-electron chi connectivity index (χ3n) is 5.01. The average Bonchev–Trinajstić information content (AvgIpc) is 3.20. The molecule has 132 valence electrons. The molecule has 27 heavy (non-hydrogen) atoms. The second-order valence-electron chi connectivity index (χ2n) is 7.42. The highest BCUT2D eigenvalue weighted by atomic mass is 16.3. The maximum Gasteiger partial charge on any atom is 0.227 e. The van der Waals surface area contributed by atoms with Gasteiger partial charge in [0.1, 0.15) is 7.85 Å². The number of pyridine rings is 1. The van der Waals surface area contributed by atoms with Crippen molar-refractivity contribution in [1.82, 2.24) is 15.0 Å². The van der Waals surface area contributed by atoms with Gasteiger partial charge in [0.05, 0.1) is 12.4 Å². The second kappa shape index (κ2) is 5.46. The van der Waals surface area contributed by atoms with Crippen LogP contribution >= 0.6 is 0 Å². The van der Waals surface area contributed by atoms with Gasteiger partial charge >= 0.3 is 0 Å². The molecule has 0 saturated carbocycles. The van der Waals surface area contributed by atoms with Crippen LogP contribution < -0.4 is 9.80 Å². The Morgan fingerprint density at radius 1 is 1.00 bits per heavy atom. The summed E-state index contributed by atoms with van der Waals surface area (Å²) in [7, 11) is 6.41. The van der Waals surface area contributed by atoms with Crippen molar-refractivity contribution < 1.29 is 4.42 Å². The van der Waals surface area contributed by atoms with Crippen LogP contribution in [-0.4, -0.2) is 34.9 Å². The van der Waals surface area contributed by atoms with Gasteiger partial charge < -0.3 is 14.2 Å². The fourth-order valence-corrected chi connectivity index (χ4v) is 3.71. The van der Waals surface area contributed by atoms with Crippen molar-refractivity contribution in [2.75, 3.05) is 16.5 Å². The number of hydrogen-bond acceptors (Lipinski definition) is 6. The number of benzene rings is 1. The molecule has 2 radical (unpaired) electrons. The zero-order valence-electron chi connectivity index (χ0n) is 15.5. The Balaban J connectivity index is 1.78. The second-order valence-corrected chi connectivity index (χ2v) is 7.42. The summed E-state index contributed by atoms with van der Waals surface area (Å²) in [5.74, 6) is 1.55. The molecule has 5 rings (SSSR count). The molecule has 6 nitrogen and oxygen atoms in total. The first-order valence-corrected chi connectivity index (χ1v) is 8.87. The van der Waals surface area contributed by atoms with Crippen molar-refractivity contribution in [3.05, 3.63) is 48.4 Å². The van der Waals surface area contributed by atoms with Crippen LogP contribution in [-0.2, 0) is 0 Å². The van der Waals surface area contributed by atoms with E-state index in [1.165, 1.54) is 0 Å². The Morgan fingerprint density at radius 2 is 1.78 bits per heavy atom. The number of hydrogen-bond donors (Lipinski definition) is 0. The van der Waals surface area contributed by atoms with E-state index in [4.69, 9.17) is 12.3 Å². The van der Waals surface area contributed by atoms with Gasteiger partial charge in [-0.15, -0.1) is 0 Å². The third-order valence-corrected chi connectivity index (χ3v) is 5.01. The Labute approximate surface area is 158 Å². The minimum Gasteiger partial charge on any atom is -0.435 e. The van der Waals surface area contributed by atoms with Crippen molar-refractivity contribution in [3.8, 4) is 0 Å². The van der Waals surface area contributed by atoms with Gasteiger partial charge in [-0.2, -0.15) is 0 Å². The van der Waals surface area contributed by atoms with Gasteiger partial charge in [-0.25, -0.2) is 15.0 Å². The Hall–Kier alpha value is -3.09. The van der Waals surface area contributed by atoms with Crippen molar-refractivity contribution >= 4 is 47.2 Å². The molecular weight excluding hydrogens is 337 g/mol. The van der Waals surface area contributed by atoms with Gasteiger partial charge in [-0.3, -0.25) is 0 Å². The number of fused-ring (bicyclic) bond motifs is 4. The van der Waals surface area contributed by atoms with Gasteiger partial charge in [-0.05, 0) is 30.1 Å². The number of nitrogens with zero attached hydrogens (tertiary/aromatic N) is 5. The van der Waals surface area contributed by atoms with Crippen LogP contribution in [0.3, 0.4) is 0 Å². The summed E-state index contributed by atoms with van der Waals surface area (Å²) >= 11 is 0. The monoisotopic (exact) mass is 355 g/mol. The number of anilines is 3. The molecule has 0 amide bonds. The number of furan rings is 1. The van der Waals surface area contributed by atoms with Gasteiger partial charge in [0.25, 0.3) is 0 Å². The van der Waals surface area contributed by atoms with Crippen LogP contribution in [0.25, 0.3) is 22.1 Å². The summed E-state index contributed by atoms with van der Waals surface area (Å²) in [4.78, 5) is 17.7. The molecule has 0 atom stereocenters. The number of aryl methyl sites for hydroxylation is 1. The van der Waals surface area contributed by atoms with E-state index in [2.05, 4.69) is 43.8 Å². The van der Waals surface area contributed by atoms with Crippen LogP contribution in [0.5, 0.6) is 0 Å². The first kappa shape index (κ1) is 16.1. The summed E-state index contributed by atoms with van der Waals surface area (Å²) in [6.07, 6.45) is 5.14. The van der Waals surface area contributed by atoms with E-state index in [1.54, 1.807) is 18.6 Å². The van der Waals surface area contributed by atoms with Crippen LogP contribution in [0.2, 0.25) is 0 Å². The average molecular weight is 355 g/mol. The lowest BCUT2D eigenvalue weighted by atomic mass is 9.80. The molecule has 1 aliphatic heterocycles. The highest BCUT2D eigenvalue weighted by molar-refractivity contribution is 6.17. The fourth-order valence-electron chi connectivity index (χ4n) is 3.71. The largest absolute Gasteiger partial charge is 0.435 e. The van der Waals surface area contributed by atoms with Crippen molar-refractivity contribution in [2.45, 2.75) is 26.2 Å². The Morgan fingerprint density at radius 3 is 2.56 bits per heavy atom. The minimum atomic E-state index is -0.573. The summed E-state index contributed by atoms with van der Waals surface area (Å²) < 4.78 is 6.16. The zero-order chi connectivity index (χ0) is 18.8. The Kier molecular flexibility index (Phi) is 3.26. The first-order chi connectivity index (χ1) is 12.9. The molecular formula is C20H18BN5O. The van der Waals surface area contributed by atoms with Crippen molar-refractivity contribution in [2.24, 2.45) is 0 Å². The lowest BCUT2D eigenvalue weighted by Gasteiger charge is -2.34. The molecule has 4 aromatic rings. The molecule has 0 aliphatic carbocycles. The summed E-state index contributed by atoms with van der Waals surface area (Å²) in [5.41, 5.74) is 2.93. The molecule has 0 spiro atoms. The van der Waals surface area contributed by atoms with E-state index >= 15 is 0 Å². The van der Waals surface area contributed by atoms with Gasteiger partial charge in [0, 0.05) is 29.4 Å². The molecule has 0 saturated heterocycles. The summed E-state index contributed by atoms with van der Waals surface area (Å²) in [6.45, 7) is 6.55. The Bertz CT molecular complexity index is 1180. The minimum absolute atomic E-state index is 0.549. The lowest BCUT2D eigenvalue weighted by Crippen LogP contribution is -2.46. The van der Waals surface area contributed by atoms with Gasteiger partial charge in [-0.1, -0.05) is 26.0 Å². The van der Waals surface area contributed by atoms with E-state index in [0.29, 0.717) is 12.4 Å². The molecule has 1 aliphatic rings. The maximum absolute atomic E-state index is 6.41. The smallest absolute Gasteiger partial charge is 0.227 e. The topological polar surface area (TPSA) is 58.3 Å². The summed E-state index contributed by atoms with van der Waals surface area (Å²) in [6, 6.07) is 8.14. The predicted octanol–water partition coefficient (Wildman–Crippen LogP) is 3.90. The predicted molar refractivity (Wildman–Crippen MR) is 108 cm³/mol. The maximum atomic E-state index is 6.41. The third kappa shape index (κ3) is 2.31. The van der Waals surface area contributed by atoms with Crippen molar-refractivity contribution in [1.29, 1.82) is 0 Å². The van der Waals surface area contributed by atoms with Gasteiger partial charge in [0.2, 0.25) is 5.71 Å². The van der Waals surface area contributed by atoms with E-state index < -0.39 is 5.44 Å². The van der Waals surface area contributed by atoms with Crippen LogP contribution in [0.4, 0.5) is 17.3 Å². The van der Waals surface area contributed by atoms with Crippen LogP contribution in [0.15, 0.2) is 47.3 Å². The van der Waals surface area contributed by atoms with E-state index in [9.17, 15) is 0 Å². The lowest BCUT2D eigenvalue weighted by molar-refractivity contribution is 0.631. The number of aromatic nitrogens is 3. The first-order valence-electron chi connectivity index (χ1n) is 8.87. The molecule has 0 bridgehead atoms. The SMILES string of the molecule is [B]C(C)(C)N1CN(c2c(C)ccc3c2oc2ncccc23)c2nccnc21. The molecule has 3 aromatic heterocycles. The van der Waals surface area contributed by atoms with E-state index in [0.717, 1.165) is 39.2 Å². The zero-order valence-corrected chi connectivity index (χ0v) is 15.5. The molecule has 7 heteroatoms. The highest BCUT2D eigenvalue weighted by Gasteiger charge is 2.37. The van der Waals surface area contributed by atoms with E-state index in [1.807, 2.05) is 26.0 Å². The fraction of sp³-hybridized carbons (Fsp3) is 0.250. The molecule has 0 unspecified atom stereocenters. The standard InChI is InChI=1S/C20H18BN5O/c1-12-6-7-13-14-5-4-8-24-19(14)27-16(13)15(12)25-11-26(20(2,3)21)18-17(25)22-9-10-23-18/h4-10H,11H2,1-3H3. The van der Waals surface area contributed by atoms with E-state index in [-0.39, 0.29) is 0 Å². The van der Waals surface area contributed by atoms with Crippen LogP contribution in [0, 0.1) is 6.92 Å². The highest BCUT2D eigenvalue weighted by Crippen LogP contribution is 2.45. The molecule has 0 fully saturated rings. The molecule has 4 heterocycles. The van der Waals surface area contributed by atoms with Crippen LogP contribution in [0.1, 0.15) is 19.4 Å². The quantitative estimate of drug-likeness (QED) is 0.509. The van der Waals surface area contributed by atoms with Gasteiger partial charge in [0.15, 0.2) is 17.2 Å².